The van der Waals surface area contributed by atoms with Crippen LogP contribution < -0.4 is 14.2 Å². The normalized spacial score (nSPS) is 12.0. The summed E-state index contributed by atoms with van der Waals surface area (Å²) in [7, 11) is 3.25. The average molecular weight is 397 g/mol. The maximum absolute atomic E-state index is 10.6. The van der Waals surface area contributed by atoms with E-state index < -0.39 is 6.10 Å². The molecule has 0 bridgehead atoms. The molecular formula is C23H27NO5. The minimum absolute atomic E-state index is 0.154. The number of benzene rings is 2. The second-order valence-electron chi connectivity index (χ2n) is 6.68. The molecule has 1 atom stereocenters. The standard InChI is InChI=1S/C23H27NO5/c1-26-21-10-4-3-8-18(21)14-24(16-20-9-7-13-28-20)15-19(25)17-29-23-12-6-5-11-22(23)27-2/h3-13,19,25H,14-17H2,1-2H3. The van der Waals surface area contributed by atoms with E-state index in [-0.39, 0.29) is 6.61 Å². The molecule has 0 aliphatic rings. The fourth-order valence-electron chi connectivity index (χ4n) is 3.16. The van der Waals surface area contributed by atoms with Gasteiger partial charge in [0.1, 0.15) is 24.2 Å². The summed E-state index contributed by atoms with van der Waals surface area (Å²) in [4.78, 5) is 2.10. The molecule has 1 N–H and O–H groups in total. The first-order chi connectivity index (χ1) is 14.2. The number of hydrogen-bond donors (Lipinski definition) is 1. The van der Waals surface area contributed by atoms with Crippen molar-refractivity contribution in [2.24, 2.45) is 0 Å². The monoisotopic (exact) mass is 397 g/mol. The predicted molar refractivity (Wildman–Crippen MR) is 110 cm³/mol. The Morgan fingerprint density at radius 2 is 1.55 bits per heavy atom. The Bertz CT molecular complexity index is 865. The number of ether oxygens (including phenoxy) is 3. The summed E-state index contributed by atoms with van der Waals surface area (Å²) in [6.07, 6.45) is 0.960. The second-order valence-corrected chi connectivity index (χ2v) is 6.68. The molecule has 0 aliphatic carbocycles. The maximum atomic E-state index is 10.6. The van der Waals surface area contributed by atoms with Gasteiger partial charge in [-0.3, -0.25) is 4.90 Å². The molecule has 3 aromatic rings. The lowest BCUT2D eigenvalue weighted by molar-refractivity contribution is 0.0593. The minimum Gasteiger partial charge on any atom is -0.496 e. The van der Waals surface area contributed by atoms with Crippen LogP contribution in [0.5, 0.6) is 17.2 Å². The molecule has 0 saturated carbocycles. The van der Waals surface area contributed by atoms with Gasteiger partial charge < -0.3 is 23.7 Å². The molecule has 1 aromatic heterocycles. The first-order valence-electron chi connectivity index (χ1n) is 9.50. The van der Waals surface area contributed by atoms with Crippen LogP contribution in [0.25, 0.3) is 0 Å². The second kappa shape index (κ2) is 10.5. The molecular weight excluding hydrogens is 370 g/mol. The zero-order valence-corrected chi connectivity index (χ0v) is 16.8. The number of furan rings is 1. The molecule has 2 aromatic carbocycles. The Labute approximate surface area is 171 Å². The molecule has 1 unspecified atom stereocenters. The SMILES string of the molecule is COc1ccccc1CN(Cc1ccco1)CC(O)COc1ccccc1OC. The Balaban J connectivity index is 1.65. The quantitative estimate of drug-likeness (QED) is 0.532. The van der Waals surface area contributed by atoms with Crippen LogP contribution in [0.3, 0.4) is 0 Å². The van der Waals surface area contributed by atoms with Gasteiger partial charge in [-0.25, -0.2) is 0 Å². The summed E-state index contributed by atoms with van der Waals surface area (Å²) in [5.41, 5.74) is 1.04. The summed E-state index contributed by atoms with van der Waals surface area (Å²) in [6.45, 7) is 1.74. The number of nitrogens with zero attached hydrogens (tertiary/aromatic N) is 1. The van der Waals surface area contributed by atoms with Crippen molar-refractivity contribution in [3.05, 3.63) is 78.3 Å². The van der Waals surface area contributed by atoms with Crippen LogP contribution in [-0.2, 0) is 13.1 Å². The van der Waals surface area contributed by atoms with E-state index in [1.54, 1.807) is 20.5 Å². The number of rotatable bonds is 11. The molecule has 0 amide bonds. The number of methoxy groups -OCH3 is 2. The van der Waals surface area contributed by atoms with Crippen LogP contribution in [0.15, 0.2) is 71.3 Å². The van der Waals surface area contributed by atoms with Crippen molar-refractivity contribution in [3.8, 4) is 17.2 Å². The molecule has 154 valence electrons. The molecule has 0 saturated heterocycles. The number of hydrogen-bond acceptors (Lipinski definition) is 6. The molecule has 0 aliphatic heterocycles. The Morgan fingerprint density at radius 1 is 0.862 bits per heavy atom. The van der Waals surface area contributed by atoms with Crippen LogP contribution in [0.1, 0.15) is 11.3 Å². The number of aliphatic hydroxyl groups excluding tert-OH is 1. The van der Waals surface area contributed by atoms with E-state index >= 15 is 0 Å². The van der Waals surface area contributed by atoms with Crippen LogP contribution in [0.2, 0.25) is 0 Å². The van der Waals surface area contributed by atoms with Crippen molar-refractivity contribution in [2.45, 2.75) is 19.2 Å². The number of para-hydroxylation sites is 3. The third-order valence-electron chi connectivity index (χ3n) is 4.52. The molecule has 6 heteroatoms. The van der Waals surface area contributed by atoms with Crippen molar-refractivity contribution < 1.29 is 23.7 Å². The lowest BCUT2D eigenvalue weighted by Gasteiger charge is -2.25. The predicted octanol–water partition coefficient (Wildman–Crippen LogP) is 3.74. The maximum Gasteiger partial charge on any atom is 0.161 e. The fraction of sp³-hybridized carbons (Fsp3) is 0.304. The molecule has 0 radical (unpaired) electrons. The van der Waals surface area contributed by atoms with Crippen LogP contribution in [0, 0.1) is 0 Å². The van der Waals surface area contributed by atoms with E-state index in [0.717, 1.165) is 17.1 Å². The summed E-state index contributed by atoms with van der Waals surface area (Å²) in [5.74, 6) is 2.90. The molecule has 0 fully saturated rings. The Morgan fingerprint density at radius 3 is 2.24 bits per heavy atom. The summed E-state index contributed by atoms with van der Waals surface area (Å²) >= 11 is 0. The summed E-state index contributed by atoms with van der Waals surface area (Å²) in [5, 5.41) is 10.6. The Kier molecular flexibility index (Phi) is 7.55. The third-order valence-corrected chi connectivity index (χ3v) is 4.52. The molecule has 1 heterocycles. The summed E-state index contributed by atoms with van der Waals surface area (Å²) in [6, 6.07) is 19.0. The van der Waals surface area contributed by atoms with Gasteiger partial charge in [0.25, 0.3) is 0 Å². The van der Waals surface area contributed by atoms with E-state index in [1.165, 1.54) is 0 Å². The van der Waals surface area contributed by atoms with Crippen molar-refractivity contribution in [1.82, 2.24) is 4.90 Å². The highest BCUT2D eigenvalue weighted by Gasteiger charge is 2.17. The highest BCUT2D eigenvalue weighted by molar-refractivity contribution is 5.39. The molecule has 3 rings (SSSR count). The van der Waals surface area contributed by atoms with Gasteiger partial charge in [0.05, 0.1) is 27.0 Å². The van der Waals surface area contributed by atoms with E-state index in [4.69, 9.17) is 18.6 Å². The molecule has 0 spiro atoms. The van der Waals surface area contributed by atoms with E-state index in [1.807, 2.05) is 60.7 Å². The smallest absolute Gasteiger partial charge is 0.161 e. The molecule has 29 heavy (non-hydrogen) atoms. The van der Waals surface area contributed by atoms with Gasteiger partial charge in [0, 0.05) is 18.7 Å². The first kappa shape index (κ1) is 20.8. The fourth-order valence-corrected chi connectivity index (χ4v) is 3.16. The molecule has 6 nitrogen and oxygen atoms in total. The van der Waals surface area contributed by atoms with E-state index in [0.29, 0.717) is 31.1 Å². The van der Waals surface area contributed by atoms with Gasteiger partial charge in [-0.05, 0) is 30.3 Å². The van der Waals surface area contributed by atoms with Crippen molar-refractivity contribution in [3.63, 3.8) is 0 Å². The Hall–Kier alpha value is -2.96. The van der Waals surface area contributed by atoms with Gasteiger partial charge in [-0.15, -0.1) is 0 Å². The van der Waals surface area contributed by atoms with Gasteiger partial charge in [0.15, 0.2) is 11.5 Å². The highest BCUT2D eigenvalue weighted by atomic mass is 16.5. The van der Waals surface area contributed by atoms with Crippen LogP contribution >= 0.6 is 0 Å². The van der Waals surface area contributed by atoms with E-state index in [2.05, 4.69) is 4.90 Å². The van der Waals surface area contributed by atoms with Gasteiger partial charge >= 0.3 is 0 Å². The van der Waals surface area contributed by atoms with Gasteiger partial charge in [-0.2, -0.15) is 0 Å². The van der Waals surface area contributed by atoms with Crippen molar-refractivity contribution >= 4 is 0 Å². The van der Waals surface area contributed by atoms with Crippen molar-refractivity contribution in [2.75, 3.05) is 27.4 Å². The van der Waals surface area contributed by atoms with Gasteiger partial charge in [0.2, 0.25) is 0 Å². The zero-order valence-electron chi connectivity index (χ0n) is 16.8. The first-order valence-corrected chi connectivity index (χ1v) is 9.50. The van der Waals surface area contributed by atoms with Crippen LogP contribution in [-0.4, -0.2) is 43.5 Å². The largest absolute Gasteiger partial charge is 0.496 e. The topological polar surface area (TPSA) is 64.3 Å². The average Bonchev–Trinajstić information content (AvgIpc) is 3.25. The van der Waals surface area contributed by atoms with Crippen molar-refractivity contribution in [1.29, 1.82) is 0 Å². The van der Waals surface area contributed by atoms with Gasteiger partial charge in [-0.1, -0.05) is 30.3 Å². The minimum atomic E-state index is -0.690. The zero-order chi connectivity index (χ0) is 20.5. The number of aliphatic hydroxyl groups is 1. The third kappa shape index (κ3) is 6.01. The van der Waals surface area contributed by atoms with E-state index in [9.17, 15) is 5.11 Å². The summed E-state index contributed by atoms with van der Waals surface area (Å²) < 4.78 is 22.0. The lowest BCUT2D eigenvalue weighted by Crippen LogP contribution is -2.35. The highest BCUT2D eigenvalue weighted by Crippen LogP contribution is 2.26. The lowest BCUT2D eigenvalue weighted by atomic mass is 10.1. The van der Waals surface area contributed by atoms with Crippen LogP contribution in [0.4, 0.5) is 0 Å².